The molecular weight excluding hydrogens is 299 g/mol. The predicted octanol–water partition coefficient (Wildman–Crippen LogP) is 1.18. The highest BCUT2D eigenvalue weighted by molar-refractivity contribution is 5.85. The van der Waals surface area contributed by atoms with Crippen LogP contribution in [0.5, 0.6) is 0 Å². The Labute approximate surface area is 131 Å². The van der Waals surface area contributed by atoms with Crippen LogP contribution in [0.2, 0.25) is 0 Å². The molecule has 1 aromatic heterocycles. The van der Waals surface area contributed by atoms with Crippen molar-refractivity contribution in [2.75, 3.05) is 26.2 Å². The Kier molecular flexibility index (Phi) is 6.79. The lowest BCUT2D eigenvalue weighted by Gasteiger charge is -2.20. The van der Waals surface area contributed by atoms with E-state index in [-0.39, 0.29) is 30.7 Å². The Morgan fingerprint density at radius 2 is 1.85 bits per heavy atom. The molecule has 7 heteroatoms. The number of likely N-dealkylation sites (tertiary alicyclic amines) is 1. The fourth-order valence-electron chi connectivity index (χ4n) is 3.10. The molecule has 3 heterocycles. The Bertz CT molecular complexity index is 399. The van der Waals surface area contributed by atoms with Gasteiger partial charge in [-0.15, -0.1) is 24.8 Å². The molecule has 20 heavy (non-hydrogen) atoms. The normalized spacial score (nSPS) is 25.1. The lowest BCUT2D eigenvalue weighted by atomic mass is 9.92. The van der Waals surface area contributed by atoms with E-state index in [1.165, 1.54) is 0 Å². The third-order valence-electron chi connectivity index (χ3n) is 4.23. The van der Waals surface area contributed by atoms with Crippen LogP contribution in [-0.2, 0) is 11.3 Å². The summed E-state index contributed by atoms with van der Waals surface area (Å²) >= 11 is 0. The number of aromatic nitrogens is 2. The van der Waals surface area contributed by atoms with Crippen molar-refractivity contribution in [1.82, 2.24) is 20.0 Å². The number of nitrogens with one attached hydrogen (secondary N) is 1. The van der Waals surface area contributed by atoms with Gasteiger partial charge in [0.15, 0.2) is 0 Å². The van der Waals surface area contributed by atoms with Gasteiger partial charge >= 0.3 is 0 Å². The Hall–Kier alpha value is -0.780. The molecule has 0 bridgehead atoms. The molecule has 2 aliphatic rings. The highest BCUT2D eigenvalue weighted by Crippen LogP contribution is 2.27. The third kappa shape index (κ3) is 3.87. The van der Waals surface area contributed by atoms with Crippen molar-refractivity contribution >= 4 is 30.7 Å². The van der Waals surface area contributed by atoms with E-state index < -0.39 is 0 Å². The molecule has 0 aliphatic carbocycles. The second-order valence-electron chi connectivity index (χ2n) is 5.34. The second kappa shape index (κ2) is 7.86. The number of halogens is 2. The van der Waals surface area contributed by atoms with Gasteiger partial charge in [-0.1, -0.05) is 0 Å². The number of carbonyl (C=O) groups is 1. The maximum atomic E-state index is 12.2. The van der Waals surface area contributed by atoms with Crippen LogP contribution in [0.25, 0.3) is 0 Å². The number of hydrogen-bond acceptors (Lipinski definition) is 3. The van der Waals surface area contributed by atoms with Crippen molar-refractivity contribution in [3.63, 3.8) is 0 Å². The smallest absolute Gasteiger partial charge is 0.244 e. The molecule has 2 aliphatic heterocycles. The summed E-state index contributed by atoms with van der Waals surface area (Å²) in [7, 11) is 0. The molecule has 0 aromatic carbocycles. The summed E-state index contributed by atoms with van der Waals surface area (Å²) in [5.41, 5.74) is 0. The zero-order valence-corrected chi connectivity index (χ0v) is 13.0. The molecule has 5 nitrogen and oxygen atoms in total. The highest BCUT2D eigenvalue weighted by atomic mass is 35.5. The fraction of sp³-hybridized carbons (Fsp3) is 0.692. The lowest BCUT2D eigenvalue weighted by molar-refractivity contribution is -0.132. The van der Waals surface area contributed by atoms with Gasteiger partial charge in [0.2, 0.25) is 5.91 Å². The van der Waals surface area contributed by atoms with Gasteiger partial charge in [0.1, 0.15) is 6.54 Å². The number of fused-ring (bicyclic) bond motifs is 1. The van der Waals surface area contributed by atoms with E-state index in [9.17, 15) is 4.79 Å². The van der Waals surface area contributed by atoms with Gasteiger partial charge in [-0.05, 0) is 43.8 Å². The molecular formula is C13H22Cl2N4O. The maximum absolute atomic E-state index is 12.2. The SMILES string of the molecule is Cl.Cl.O=C(Cn1cccn1)N1CC[C@@H]2CNC[C@@H]2CC1. The highest BCUT2D eigenvalue weighted by Gasteiger charge is 2.31. The number of hydrogen-bond donors (Lipinski definition) is 1. The summed E-state index contributed by atoms with van der Waals surface area (Å²) in [6.07, 6.45) is 5.84. The monoisotopic (exact) mass is 320 g/mol. The first kappa shape index (κ1) is 17.3. The van der Waals surface area contributed by atoms with Crippen molar-refractivity contribution in [3.05, 3.63) is 18.5 Å². The minimum Gasteiger partial charge on any atom is -0.341 e. The molecule has 0 radical (unpaired) electrons. The van der Waals surface area contributed by atoms with Crippen molar-refractivity contribution in [1.29, 1.82) is 0 Å². The predicted molar refractivity (Wildman–Crippen MR) is 82.4 cm³/mol. The van der Waals surface area contributed by atoms with Crippen molar-refractivity contribution in [3.8, 4) is 0 Å². The summed E-state index contributed by atoms with van der Waals surface area (Å²) in [5.74, 6) is 1.74. The molecule has 1 N–H and O–H groups in total. The Morgan fingerprint density at radius 3 is 2.40 bits per heavy atom. The summed E-state index contributed by atoms with van der Waals surface area (Å²) in [5, 5.41) is 7.55. The fourth-order valence-corrected chi connectivity index (χ4v) is 3.10. The quantitative estimate of drug-likeness (QED) is 0.890. The molecule has 0 saturated carbocycles. The number of amides is 1. The van der Waals surface area contributed by atoms with Gasteiger partial charge in [0.05, 0.1) is 0 Å². The summed E-state index contributed by atoms with van der Waals surface area (Å²) in [6.45, 7) is 4.45. The van der Waals surface area contributed by atoms with Gasteiger partial charge in [-0.2, -0.15) is 5.10 Å². The van der Waals surface area contributed by atoms with E-state index in [0.717, 1.165) is 50.9 Å². The molecule has 0 unspecified atom stereocenters. The van der Waals surface area contributed by atoms with Gasteiger partial charge < -0.3 is 10.2 Å². The zero-order chi connectivity index (χ0) is 12.4. The third-order valence-corrected chi connectivity index (χ3v) is 4.23. The molecule has 1 amide bonds. The van der Waals surface area contributed by atoms with E-state index >= 15 is 0 Å². The minimum absolute atomic E-state index is 0. The molecule has 1 aromatic rings. The van der Waals surface area contributed by atoms with Crippen LogP contribution in [0.1, 0.15) is 12.8 Å². The van der Waals surface area contributed by atoms with E-state index in [4.69, 9.17) is 0 Å². The van der Waals surface area contributed by atoms with Crippen molar-refractivity contribution < 1.29 is 4.79 Å². The standard InChI is InChI=1S/C13H20N4O.2ClH/c18-13(10-17-5-1-4-15-17)16-6-2-11-8-14-9-12(11)3-7-16;;/h1,4-5,11-12,14H,2-3,6-10H2;2*1H/t11-,12+;;. The van der Waals surface area contributed by atoms with Crippen LogP contribution in [0.15, 0.2) is 18.5 Å². The first-order valence-electron chi connectivity index (χ1n) is 6.79. The largest absolute Gasteiger partial charge is 0.341 e. The van der Waals surface area contributed by atoms with Crippen molar-refractivity contribution in [2.45, 2.75) is 19.4 Å². The molecule has 2 atom stereocenters. The van der Waals surface area contributed by atoms with Crippen LogP contribution in [0.4, 0.5) is 0 Å². The average molecular weight is 321 g/mol. The lowest BCUT2D eigenvalue weighted by Crippen LogP contribution is -2.35. The first-order chi connectivity index (χ1) is 8.83. The zero-order valence-electron chi connectivity index (χ0n) is 11.4. The summed E-state index contributed by atoms with van der Waals surface area (Å²) in [6, 6.07) is 1.85. The topological polar surface area (TPSA) is 50.2 Å². The second-order valence-corrected chi connectivity index (χ2v) is 5.34. The van der Waals surface area contributed by atoms with Crippen LogP contribution < -0.4 is 5.32 Å². The molecule has 2 saturated heterocycles. The number of rotatable bonds is 2. The van der Waals surface area contributed by atoms with Crippen molar-refractivity contribution in [2.24, 2.45) is 11.8 Å². The first-order valence-corrected chi connectivity index (χ1v) is 6.79. The van der Waals surface area contributed by atoms with Gasteiger partial charge in [-0.25, -0.2) is 0 Å². The number of nitrogens with zero attached hydrogens (tertiary/aromatic N) is 3. The van der Waals surface area contributed by atoms with E-state index in [1.807, 2.05) is 17.2 Å². The van der Waals surface area contributed by atoms with E-state index in [0.29, 0.717) is 6.54 Å². The molecule has 114 valence electrons. The van der Waals surface area contributed by atoms with Crippen LogP contribution >= 0.6 is 24.8 Å². The van der Waals surface area contributed by atoms with Gasteiger partial charge in [0.25, 0.3) is 0 Å². The average Bonchev–Trinajstić information content (AvgIpc) is 2.98. The molecule has 3 rings (SSSR count). The number of carbonyl (C=O) groups excluding carboxylic acids is 1. The molecule has 0 spiro atoms. The van der Waals surface area contributed by atoms with Gasteiger partial charge in [0, 0.05) is 25.5 Å². The van der Waals surface area contributed by atoms with Gasteiger partial charge in [-0.3, -0.25) is 9.48 Å². The Balaban J connectivity index is 0.000001000. The molecule has 2 fully saturated rings. The van der Waals surface area contributed by atoms with Crippen LogP contribution in [0.3, 0.4) is 0 Å². The van der Waals surface area contributed by atoms with E-state index in [1.54, 1.807) is 10.9 Å². The van der Waals surface area contributed by atoms with E-state index in [2.05, 4.69) is 10.4 Å². The minimum atomic E-state index is 0. The summed E-state index contributed by atoms with van der Waals surface area (Å²) in [4.78, 5) is 14.2. The maximum Gasteiger partial charge on any atom is 0.244 e. The van der Waals surface area contributed by atoms with Crippen LogP contribution in [-0.4, -0.2) is 46.8 Å². The Morgan fingerprint density at radius 1 is 1.20 bits per heavy atom. The van der Waals surface area contributed by atoms with Crippen LogP contribution in [0, 0.1) is 11.8 Å². The summed E-state index contributed by atoms with van der Waals surface area (Å²) < 4.78 is 1.70.